The van der Waals surface area contributed by atoms with Crippen LogP contribution < -0.4 is 0 Å². The number of hydrogen-bond donors (Lipinski definition) is 0. The fourth-order valence-corrected chi connectivity index (χ4v) is 5.42. The van der Waals surface area contributed by atoms with Gasteiger partial charge in [0.15, 0.2) is 0 Å². The molecule has 0 amide bonds. The first-order valence-electron chi connectivity index (χ1n) is 12.5. The van der Waals surface area contributed by atoms with Crippen molar-refractivity contribution in [3.63, 3.8) is 0 Å². The molecule has 0 aliphatic heterocycles. The molecule has 0 aliphatic carbocycles. The third-order valence-electron chi connectivity index (χ3n) is 6.99. The molecule has 6 rings (SSSR count). The van der Waals surface area contributed by atoms with E-state index in [1.807, 2.05) is 80.6 Å². The first kappa shape index (κ1) is 23.9. The maximum atomic E-state index is 13.9. The van der Waals surface area contributed by atoms with Crippen molar-refractivity contribution in [3.05, 3.63) is 126 Å². The van der Waals surface area contributed by atoms with Crippen LogP contribution in [0.25, 0.3) is 55.1 Å². The molecule has 1 nitrogen and oxygen atoms in total. The number of benzene rings is 5. The zero-order chi connectivity index (χ0) is 26.4. The first-order chi connectivity index (χ1) is 18.3. The Morgan fingerprint density at radius 2 is 1.26 bits per heavy atom. The molecule has 0 spiro atoms. The predicted octanol–water partition coefficient (Wildman–Crippen LogP) is 10.0. The van der Waals surface area contributed by atoms with Crippen molar-refractivity contribution in [2.45, 2.75) is 20.0 Å². The van der Waals surface area contributed by atoms with Gasteiger partial charge in [0, 0.05) is 17.1 Å². The molecule has 0 bridgehead atoms. The van der Waals surface area contributed by atoms with Crippen LogP contribution in [-0.2, 0) is 6.18 Å². The second kappa shape index (κ2) is 9.14. The van der Waals surface area contributed by atoms with Gasteiger partial charge in [-0.1, -0.05) is 77.9 Å². The minimum absolute atomic E-state index is 0.550. The molecule has 1 heterocycles. The molecule has 0 N–H and O–H groups in total. The number of halogens is 3. The van der Waals surface area contributed by atoms with Gasteiger partial charge in [-0.3, -0.25) is 4.98 Å². The Morgan fingerprint density at radius 3 is 1.97 bits per heavy atom. The fraction of sp³-hybridized carbons (Fsp3) is 0.0882. The Bertz CT molecular complexity index is 1800. The summed E-state index contributed by atoms with van der Waals surface area (Å²) in [5.41, 5.74) is 6.88. The van der Waals surface area contributed by atoms with Crippen LogP contribution in [0.4, 0.5) is 13.2 Å². The smallest absolute Gasteiger partial charge is 0.256 e. The maximum Gasteiger partial charge on any atom is 0.416 e. The highest BCUT2D eigenvalue weighted by atomic mass is 19.4. The van der Waals surface area contributed by atoms with Crippen LogP contribution in [-0.4, -0.2) is 4.98 Å². The molecule has 38 heavy (non-hydrogen) atoms. The van der Waals surface area contributed by atoms with Gasteiger partial charge in [-0.25, -0.2) is 0 Å². The minimum Gasteiger partial charge on any atom is -0.256 e. The summed E-state index contributed by atoms with van der Waals surface area (Å²) >= 11 is 0. The standard InChI is InChI=1S/C34H24F3N/c1-21-16-22(2)18-25(17-21)33-32-24(14-15-38-33)19-30(31-20-26(34(35,36)37)12-13-29(31)32)28-11-7-6-10-27(28)23-8-4-3-5-9-23/h3-20H,1-2H3. The Hall–Kier alpha value is -4.44. The largest absolute Gasteiger partial charge is 0.416 e. The van der Waals surface area contributed by atoms with Gasteiger partial charge in [0.05, 0.1) is 11.3 Å². The van der Waals surface area contributed by atoms with Crippen molar-refractivity contribution in [1.29, 1.82) is 0 Å². The van der Waals surface area contributed by atoms with E-state index in [0.717, 1.165) is 60.8 Å². The Balaban J connectivity index is 1.74. The number of aryl methyl sites for hydroxylation is 2. The predicted molar refractivity (Wildman–Crippen MR) is 150 cm³/mol. The van der Waals surface area contributed by atoms with Gasteiger partial charge < -0.3 is 0 Å². The van der Waals surface area contributed by atoms with Crippen LogP contribution in [0.1, 0.15) is 16.7 Å². The molecule has 0 aliphatic rings. The molecule has 0 atom stereocenters. The van der Waals surface area contributed by atoms with E-state index in [-0.39, 0.29) is 0 Å². The van der Waals surface area contributed by atoms with E-state index in [9.17, 15) is 13.2 Å². The van der Waals surface area contributed by atoms with Gasteiger partial charge in [0.25, 0.3) is 0 Å². The summed E-state index contributed by atoms with van der Waals surface area (Å²) in [5.74, 6) is 0. The Morgan fingerprint density at radius 1 is 0.579 bits per heavy atom. The molecule has 1 aromatic heterocycles. The first-order valence-corrected chi connectivity index (χ1v) is 12.5. The monoisotopic (exact) mass is 503 g/mol. The summed E-state index contributed by atoms with van der Waals surface area (Å²) in [4.78, 5) is 4.73. The topological polar surface area (TPSA) is 12.9 Å². The Labute approximate surface area is 219 Å². The van der Waals surface area contributed by atoms with Crippen LogP contribution in [0.2, 0.25) is 0 Å². The van der Waals surface area contributed by atoms with Crippen molar-refractivity contribution in [3.8, 4) is 33.5 Å². The SMILES string of the molecule is Cc1cc(C)cc(-c2nccc3cc(-c4ccccc4-c4ccccc4)c4cc(C(F)(F)F)ccc4c23)c1. The number of fused-ring (bicyclic) bond motifs is 3. The number of pyridine rings is 1. The summed E-state index contributed by atoms with van der Waals surface area (Å²) in [6.07, 6.45) is -2.68. The van der Waals surface area contributed by atoms with Gasteiger partial charge >= 0.3 is 6.18 Å². The van der Waals surface area contributed by atoms with E-state index in [0.29, 0.717) is 5.39 Å². The molecule has 0 saturated heterocycles. The summed E-state index contributed by atoms with van der Waals surface area (Å²) in [5, 5.41) is 3.08. The van der Waals surface area contributed by atoms with Gasteiger partial charge in [0.2, 0.25) is 0 Å². The summed E-state index contributed by atoms with van der Waals surface area (Å²) in [6.45, 7) is 4.07. The zero-order valence-corrected chi connectivity index (χ0v) is 21.0. The molecule has 6 aromatic rings. The molecule has 0 unspecified atom stereocenters. The molecule has 186 valence electrons. The summed E-state index contributed by atoms with van der Waals surface area (Å²) in [6, 6.07) is 32.1. The molecule has 0 fully saturated rings. The highest BCUT2D eigenvalue weighted by Gasteiger charge is 2.31. The molecule has 0 radical (unpaired) electrons. The van der Waals surface area contributed by atoms with Gasteiger partial charge in [0.1, 0.15) is 0 Å². The Kier molecular flexibility index (Phi) is 5.76. The number of hydrogen-bond acceptors (Lipinski definition) is 1. The molecular formula is C34H24F3N. The van der Waals surface area contributed by atoms with E-state index in [2.05, 4.69) is 18.2 Å². The second-order valence-electron chi connectivity index (χ2n) is 9.73. The number of alkyl halides is 3. The average molecular weight is 504 g/mol. The van der Waals surface area contributed by atoms with E-state index in [1.54, 1.807) is 12.3 Å². The van der Waals surface area contributed by atoms with Crippen LogP contribution in [0.15, 0.2) is 109 Å². The number of rotatable bonds is 3. The summed E-state index contributed by atoms with van der Waals surface area (Å²) < 4.78 is 41.8. The van der Waals surface area contributed by atoms with E-state index >= 15 is 0 Å². The van der Waals surface area contributed by atoms with Crippen molar-refractivity contribution >= 4 is 21.5 Å². The molecule has 5 aromatic carbocycles. The van der Waals surface area contributed by atoms with E-state index < -0.39 is 11.7 Å². The van der Waals surface area contributed by atoms with Gasteiger partial charge in [-0.15, -0.1) is 0 Å². The molecule has 0 saturated carbocycles. The lowest BCUT2D eigenvalue weighted by Crippen LogP contribution is -2.04. The molecule has 4 heteroatoms. The maximum absolute atomic E-state index is 13.9. The van der Waals surface area contributed by atoms with Gasteiger partial charge in [-0.2, -0.15) is 13.2 Å². The average Bonchev–Trinajstić information content (AvgIpc) is 2.91. The fourth-order valence-electron chi connectivity index (χ4n) is 5.42. The summed E-state index contributed by atoms with van der Waals surface area (Å²) in [7, 11) is 0. The normalized spacial score (nSPS) is 11.8. The van der Waals surface area contributed by atoms with E-state index in [4.69, 9.17) is 4.98 Å². The van der Waals surface area contributed by atoms with Crippen molar-refractivity contribution < 1.29 is 13.2 Å². The number of nitrogens with zero attached hydrogens (tertiary/aromatic N) is 1. The van der Waals surface area contributed by atoms with Crippen LogP contribution in [0, 0.1) is 13.8 Å². The van der Waals surface area contributed by atoms with Crippen molar-refractivity contribution in [1.82, 2.24) is 4.98 Å². The lowest BCUT2D eigenvalue weighted by molar-refractivity contribution is -0.137. The van der Waals surface area contributed by atoms with Crippen LogP contribution >= 0.6 is 0 Å². The highest BCUT2D eigenvalue weighted by molar-refractivity contribution is 6.18. The lowest BCUT2D eigenvalue weighted by Gasteiger charge is -2.18. The third kappa shape index (κ3) is 4.22. The zero-order valence-electron chi connectivity index (χ0n) is 21.0. The third-order valence-corrected chi connectivity index (χ3v) is 6.99. The lowest BCUT2D eigenvalue weighted by atomic mass is 9.87. The van der Waals surface area contributed by atoms with Crippen molar-refractivity contribution in [2.24, 2.45) is 0 Å². The molecular weight excluding hydrogens is 479 g/mol. The van der Waals surface area contributed by atoms with E-state index in [1.165, 1.54) is 12.1 Å². The highest BCUT2D eigenvalue weighted by Crippen LogP contribution is 2.43. The second-order valence-corrected chi connectivity index (χ2v) is 9.73. The minimum atomic E-state index is -4.45. The van der Waals surface area contributed by atoms with Crippen LogP contribution in [0.3, 0.4) is 0 Å². The van der Waals surface area contributed by atoms with Gasteiger partial charge in [-0.05, 0) is 88.7 Å². The number of aromatic nitrogens is 1. The quantitative estimate of drug-likeness (QED) is 0.219. The van der Waals surface area contributed by atoms with Crippen LogP contribution in [0.5, 0.6) is 0 Å². The van der Waals surface area contributed by atoms with Crippen molar-refractivity contribution in [2.75, 3.05) is 0 Å².